The molecule has 0 heterocycles. The van der Waals surface area contributed by atoms with E-state index in [1.54, 1.807) is 0 Å². The minimum Gasteiger partial charge on any atom is -0.229 e. The molecule has 0 saturated carbocycles. The third-order valence-corrected chi connectivity index (χ3v) is 6.37. The Hall–Kier alpha value is -0.190. The Bertz CT molecular complexity index is 510. The summed E-state index contributed by atoms with van der Waals surface area (Å²) in [6.45, 7) is 1.38. The molecule has 0 aromatic rings. The largest absolute Gasteiger partial charge is 0.295 e. The van der Waals surface area contributed by atoms with Gasteiger partial charge in [0.2, 0.25) is 0 Å². The second-order valence-corrected chi connectivity index (χ2v) is 9.45. The summed E-state index contributed by atoms with van der Waals surface area (Å²) >= 11 is 0. The maximum absolute atomic E-state index is 11.2. The van der Waals surface area contributed by atoms with E-state index in [1.807, 2.05) is 0 Å². The maximum Gasteiger partial charge on any atom is 0.295 e. The predicted molar refractivity (Wildman–Crippen MR) is 57.5 cm³/mol. The van der Waals surface area contributed by atoms with Crippen LogP contribution in [-0.2, 0) is 34.3 Å². The second kappa shape index (κ2) is 5.43. The normalized spacial score (nSPS) is 13.9. The SMILES string of the molecule is CCS(=O)(=O)CCS(=O)(=O)CCS([O])(=O)=O. The van der Waals surface area contributed by atoms with Crippen molar-refractivity contribution < 1.29 is 29.8 Å². The van der Waals surface area contributed by atoms with Crippen molar-refractivity contribution in [2.75, 3.05) is 28.8 Å². The third-order valence-electron chi connectivity index (χ3n) is 1.79. The molecule has 0 bridgehead atoms. The summed E-state index contributed by atoms with van der Waals surface area (Å²) in [6.07, 6.45) is 0. The van der Waals surface area contributed by atoms with Gasteiger partial charge in [-0.3, -0.25) is 0 Å². The monoisotopic (exact) mass is 293 g/mol. The molecule has 97 valence electrons. The minimum atomic E-state index is -4.60. The van der Waals surface area contributed by atoms with E-state index in [0.29, 0.717) is 0 Å². The molecule has 0 spiro atoms. The first-order valence-electron chi connectivity index (χ1n) is 4.32. The summed E-state index contributed by atoms with van der Waals surface area (Å²) in [6, 6.07) is 0. The van der Waals surface area contributed by atoms with Crippen LogP contribution in [0, 0.1) is 0 Å². The molecule has 0 saturated heterocycles. The van der Waals surface area contributed by atoms with Crippen LogP contribution in [0.4, 0.5) is 0 Å². The van der Waals surface area contributed by atoms with Crippen LogP contribution in [0.3, 0.4) is 0 Å². The first-order chi connectivity index (χ1) is 6.97. The molecule has 7 nitrogen and oxygen atoms in total. The molecule has 10 heteroatoms. The Kier molecular flexibility index (Phi) is 5.36. The summed E-state index contributed by atoms with van der Waals surface area (Å²) in [7, 11) is -11.8. The number of sulfone groups is 2. The van der Waals surface area contributed by atoms with Crippen molar-refractivity contribution in [2.24, 2.45) is 0 Å². The summed E-state index contributed by atoms with van der Waals surface area (Å²) in [5.74, 6) is -3.24. The van der Waals surface area contributed by atoms with E-state index < -0.39 is 52.8 Å². The van der Waals surface area contributed by atoms with Crippen molar-refractivity contribution >= 4 is 29.8 Å². The molecule has 0 aliphatic carbocycles. The van der Waals surface area contributed by atoms with Gasteiger partial charge >= 0.3 is 0 Å². The Morgan fingerprint density at radius 3 is 1.44 bits per heavy atom. The predicted octanol–water partition coefficient (Wildman–Crippen LogP) is -1.40. The molecule has 0 amide bonds. The van der Waals surface area contributed by atoms with Gasteiger partial charge in [-0.05, 0) is 0 Å². The van der Waals surface area contributed by atoms with Gasteiger partial charge in [-0.15, -0.1) is 0 Å². The molecule has 0 fully saturated rings. The van der Waals surface area contributed by atoms with E-state index in [9.17, 15) is 29.8 Å². The Labute approximate surface area is 95.4 Å². The van der Waals surface area contributed by atoms with Gasteiger partial charge in [-0.25, -0.2) is 16.8 Å². The molecule has 0 aromatic carbocycles. The standard InChI is InChI=1S/C6H13O7S3/c1-2-14(7,8)3-4-15(9,10)5-6-16(11,12)13/h2-6H2,1H3. The highest BCUT2D eigenvalue weighted by molar-refractivity contribution is 7.95. The fraction of sp³-hybridized carbons (Fsp3) is 1.00. The van der Waals surface area contributed by atoms with E-state index in [4.69, 9.17) is 0 Å². The van der Waals surface area contributed by atoms with Gasteiger partial charge in [0.1, 0.15) is 0 Å². The van der Waals surface area contributed by atoms with E-state index in [-0.39, 0.29) is 5.75 Å². The molecule has 0 rings (SSSR count). The summed E-state index contributed by atoms with van der Waals surface area (Å²) < 4.78 is 74.9. The molecular weight excluding hydrogens is 280 g/mol. The Balaban J connectivity index is 4.40. The molecule has 0 N–H and O–H groups in total. The summed E-state index contributed by atoms with van der Waals surface area (Å²) in [5.41, 5.74) is 0. The van der Waals surface area contributed by atoms with Crippen LogP contribution >= 0.6 is 0 Å². The first kappa shape index (κ1) is 15.8. The van der Waals surface area contributed by atoms with E-state index >= 15 is 0 Å². The average Bonchev–Trinajstić information content (AvgIpc) is 2.12. The number of hydrogen-bond donors (Lipinski definition) is 0. The van der Waals surface area contributed by atoms with Gasteiger partial charge in [0.05, 0.1) is 23.0 Å². The van der Waals surface area contributed by atoms with Gasteiger partial charge in [0, 0.05) is 5.75 Å². The van der Waals surface area contributed by atoms with Gasteiger partial charge in [0.25, 0.3) is 10.1 Å². The van der Waals surface area contributed by atoms with Gasteiger partial charge in [-0.2, -0.15) is 8.42 Å². The highest BCUT2D eigenvalue weighted by Gasteiger charge is 2.19. The number of hydrogen-bond acceptors (Lipinski definition) is 6. The molecule has 1 radical (unpaired) electrons. The van der Waals surface area contributed by atoms with Crippen LogP contribution in [0.1, 0.15) is 6.92 Å². The van der Waals surface area contributed by atoms with Crippen LogP contribution in [0.25, 0.3) is 0 Å². The fourth-order valence-electron chi connectivity index (χ4n) is 0.729. The average molecular weight is 293 g/mol. The van der Waals surface area contributed by atoms with Gasteiger partial charge < -0.3 is 0 Å². The van der Waals surface area contributed by atoms with Crippen LogP contribution in [0.15, 0.2) is 0 Å². The zero-order valence-electron chi connectivity index (χ0n) is 8.62. The molecule has 0 atom stereocenters. The number of rotatable bonds is 7. The summed E-state index contributed by atoms with van der Waals surface area (Å²) in [4.78, 5) is 0. The fourth-order valence-corrected chi connectivity index (χ4v) is 5.09. The van der Waals surface area contributed by atoms with Crippen molar-refractivity contribution in [3.8, 4) is 0 Å². The molecule has 0 aliphatic rings. The van der Waals surface area contributed by atoms with E-state index in [0.717, 1.165) is 0 Å². The van der Waals surface area contributed by atoms with Gasteiger partial charge in [0.15, 0.2) is 19.7 Å². The van der Waals surface area contributed by atoms with Crippen LogP contribution in [0.5, 0.6) is 0 Å². The van der Waals surface area contributed by atoms with Crippen molar-refractivity contribution in [1.29, 1.82) is 0 Å². The van der Waals surface area contributed by atoms with Crippen LogP contribution < -0.4 is 0 Å². The smallest absolute Gasteiger partial charge is 0.229 e. The molecule has 16 heavy (non-hydrogen) atoms. The van der Waals surface area contributed by atoms with Crippen molar-refractivity contribution in [3.05, 3.63) is 0 Å². The lowest BCUT2D eigenvalue weighted by atomic mass is 10.9. The second-order valence-electron chi connectivity index (χ2n) is 3.15. The molecule has 0 aliphatic heterocycles. The quantitative estimate of drug-likeness (QED) is 0.568. The lowest BCUT2D eigenvalue weighted by molar-refractivity contribution is 0.415. The molecular formula is C6H13O7S3. The highest BCUT2D eigenvalue weighted by Crippen LogP contribution is 1.98. The highest BCUT2D eigenvalue weighted by atomic mass is 32.2. The van der Waals surface area contributed by atoms with E-state index in [2.05, 4.69) is 0 Å². The first-order valence-corrected chi connectivity index (χ1v) is 9.54. The molecule has 0 unspecified atom stereocenters. The zero-order chi connectivity index (χ0) is 13.0. The Morgan fingerprint density at radius 2 is 1.06 bits per heavy atom. The third kappa shape index (κ3) is 8.02. The zero-order valence-corrected chi connectivity index (χ0v) is 11.1. The maximum atomic E-state index is 11.2. The van der Waals surface area contributed by atoms with Crippen molar-refractivity contribution in [2.45, 2.75) is 6.92 Å². The van der Waals surface area contributed by atoms with Crippen LogP contribution in [0.2, 0.25) is 0 Å². The molecule has 0 aromatic heterocycles. The van der Waals surface area contributed by atoms with Crippen LogP contribution in [-0.4, -0.2) is 54.0 Å². The van der Waals surface area contributed by atoms with Gasteiger partial charge in [-0.1, -0.05) is 11.5 Å². The Morgan fingerprint density at radius 1 is 0.688 bits per heavy atom. The summed E-state index contributed by atoms with van der Waals surface area (Å²) in [5, 5.41) is 0. The van der Waals surface area contributed by atoms with Crippen molar-refractivity contribution in [1.82, 2.24) is 0 Å². The lowest BCUT2D eigenvalue weighted by Gasteiger charge is -2.02. The minimum absolute atomic E-state index is 0.178. The van der Waals surface area contributed by atoms with E-state index in [1.165, 1.54) is 6.92 Å². The lowest BCUT2D eigenvalue weighted by Crippen LogP contribution is -2.23. The topological polar surface area (TPSA) is 122 Å². The van der Waals surface area contributed by atoms with Crippen molar-refractivity contribution in [3.63, 3.8) is 0 Å².